The maximum Gasteiger partial charge on any atom is 0.279 e. The van der Waals surface area contributed by atoms with Crippen molar-refractivity contribution < 1.29 is 18.3 Å². The van der Waals surface area contributed by atoms with Gasteiger partial charge in [-0.25, -0.2) is 0 Å². The third-order valence-corrected chi connectivity index (χ3v) is 4.57. The molecule has 2 rings (SSSR count). The van der Waals surface area contributed by atoms with Crippen molar-refractivity contribution in [3.8, 4) is 5.75 Å². The lowest BCUT2D eigenvalue weighted by molar-refractivity contribution is 0.278. The molecule has 0 bridgehead atoms. The number of halogens is 1. The van der Waals surface area contributed by atoms with Crippen LogP contribution in [0.1, 0.15) is 5.56 Å². The molecule has 108 valence electrons. The summed E-state index contributed by atoms with van der Waals surface area (Å²) in [6.45, 7) is -0.420. The van der Waals surface area contributed by atoms with Crippen LogP contribution in [-0.4, -0.2) is 30.8 Å². The fourth-order valence-electron chi connectivity index (χ4n) is 1.57. The number of ether oxygens (including phenoxy) is 1. The Morgan fingerprint density at radius 1 is 1.50 bits per heavy atom. The second-order valence-corrected chi connectivity index (χ2v) is 6.31. The predicted octanol–water partition coefficient (Wildman–Crippen LogP) is 1.47. The fraction of sp³-hybridized carbons (Fsp3) is 0.182. The van der Waals surface area contributed by atoms with Gasteiger partial charge in [0.05, 0.1) is 30.1 Å². The largest absolute Gasteiger partial charge is 0.495 e. The van der Waals surface area contributed by atoms with Crippen LogP contribution in [0.4, 0.5) is 5.69 Å². The summed E-state index contributed by atoms with van der Waals surface area (Å²) in [6.07, 6.45) is 1.26. The Morgan fingerprint density at radius 2 is 2.25 bits per heavy atom. The molecule has 0 unspecified atom stereocenters. The zero-order valence-electron chi connectivity index (χ0n) is 10.4. The minimum atomic E-state index is -3.85. The van der Waals surface area contributed by atoms with Crippen molar-refractivity contribution >= 4 is 31.6 Å². The van der Waals surface area contributed by atoms with E-state index in [1.165, 1.54) is 19.4 Å². The van der Waals surface area contributed by atoms with Crippen molar-refractivity contribution in [2.24, 2.45) is 0 Å². The summed E-state index contributed by atoms with van der Waals surface area (Å²) in [4.78, 5) is 0. The maximum atomic E-state index is 12.2. The van der Waals surface area contributed by atoms with Crippen LogP contribution < -0.4 is 9.46 Å². The lowest BCUT2D eigenvalue weighted by Gasteiger charge is -2.10. The van der Waals surface area contributed by atoms with Gasteiger partial charge in [0.2, 0.25) is 0 Å². The Morgan fingerprint density at radius 3 is 2.90 bits per heavy atom. The zero-order valence-corrected chi connectivity index (χ0v) is 12.8. The van der Waals surface area contributed by atoms with Gasteiger partial charge in [0.1, 0.15) is 5.75 Å². The number of nitrogens with zero attached hydrogens (tertiary/aromatic N) is 1. The zero-order chi connectivity index (χ0) is 14.8. The molecular weight excluding hydrogens is 350 g/mol. The number of aliphatic hydroxyl groups is 1. The lowest BCUT2D eigenvalue weighted by atomic mass is 10.3. The van der Waals surface area contributed by atoms with Gasteiger partial charge in [-0.05, 0) is 28.1 Å². The maximum absolute atomic E-state index is 12.2. The molecule has 3 N–H and O–H groups in total. The average molecular weight is 362 g/mol. The van der Waals surface area contributed by atoms with Crippen LogP contribution in [0, 0.1) is 0 Å². The Kier molecular flexibility index (Phi) is 4.31. The molecule has 1 aromatic carbocycles. The molecule has 0 amide bonds. The van der Waals surface area contributed by atoms with E-state index in [1.54, 1.807) is 12.1 Å². The van der Waals surface area contributed by atoms with Gasteiger partial charge in [0.25, 0.3) is 10.0 Å². The van der Waals surface area contributed by atoms with Crippen LogP contribution >= 0.6 is 15.9 Å². The van der Waals surface area contributed by atoms with Gasteiger partial charge in [-0.15, -0.1) is 0 Å². The summed E-state index contributed by atoms with van der Waals surface area (Å²) in [7, 11) is -2.37. The SMILES string of the molecule is COc1cc(NS(=O)(=O)c2[nH]ncc2CO)ccc1Br. The molecule has 9 heteroatoms. The molecule has 1 aromatic heterocycles. The van der Waals surface area contributed by atoms with E-state index in [9.17, 15) is 8.42 Å². The minimum absolute atomic E-state index is 0.165. The second-order valence-electron chi connectivity index (χ2n) is 3.84. The Bertz CT molecular complexity index is 714. The molecular formula is C11H12BrN3O4S. The van der Waals surface area contributed by atoms with E-state index in [4.69, 9.17) is 9.84 Å². The van der Waals surface area contributed by atoms with E-state index in [1.807, 2.05) is 0 Å². The summed E-state index contributed by atoms with van der Waals surface area (Å²) in [5.41, 5.74) is 0.533. The third-order valence-electron chi connectivity index (χ3n) is 2.52. The number of aliphatic hydroxyl groups excluding tert-OH is 1. The summed E-state index contributed by atoms with van der Waals surface area (Å²) < 4.78 is 32.6. The molecule has 0 aliphatic heterocycles. The summed E-state index contributed by atoms with van der Waals surface area (Å²) >= 11 is 3.28. The number of hydrogen-bond donors (Lipinski definition) is 3. The number of hydrogen-bond acceptors (Lipinski definition) is 5. The van der Waals surface area contributed by atoms with Crippen molar-refractivity contribution in [2.45, 2.75) is 11.6 Å². The first-order valence-corrected chi connectivity index (χ1v) is 7.75. The summed E-state index contributed by atoms with van der Waals surface area (Å²) in [5, 5.41) is 14.9. The number of sulfonamides is 1. The molecule has 0 saturated heterocycles. The molecule has 0 spiro atoms. The van der Waals surface area contributed by atoms with Crippen LogP contribution in [0.15, 0.2) is 33.9 Å². The molecule has 0 fully saturated rings. The first-order valence-electron chi connectivity index (χ1n) is 5.47. The molecule has 0 saturated carbocycles. The molecule has 1 heterocycles. The van der Waals surface area contributed by atoms with Crippen molar-refractivity contribution in [3.63, 3.8) is 0 Å². The van der Waals surface area contributed by atoms with Gasteiger partial charge in [0.15, 0.2) is 5.03 Å². The lowest BCUT2D eigenvalue weighted by Crippen LogP contribution is -2.15. The quantitative estimate of drug-likeness (QED) is 0.747. The predicted molar refractivity (Wildman–Crippen MR) is 76.0 cm³/mol. The van der Waals surface area contributed by atoms with Gasteiger partial charge >= 0.3 is 0 Å². The number of methoxy groups -OCH3 is 1. The van der Waals surface area contributed by atoms with E-state index in [0.29, 0.717) is 15.9 Å². The van der Waals surface area contributed by atoms with E-state index < -0.39 is 16.6 Å². The first kappa shape index (κ1) is 14.8. The summed E-state index contributed by atoms with van der Waals surface area (Å²) in [6, 6.07) is 4.78. The van der Waals surface area contributed by atoms with Crippen molar-refractivity contribution in [2.75, 3.05) is 11.8 Å². The number of aromatic amines is 1. The van der Waals surface area contributed by atoms with Crippen LogP contribution in [0.2, 0.25) is 0 Å². The number of aromatic nitrogens is 2. The van der Waals surface area contributed by atoms with Crippen LogP contribution in [0.25, 0.3) is 0 Å². The van der Waals surface area contributed by atoms with Gasteiger partial charge in [-0.2, -0.15) is 13.5 Å². The first-order chi connectivity index (χ1) is 9.47. The highest BCUT2D eigenvalue weighted by Gasteiger charge is 2.21. The van der Waals surface area contributed by atoms with E-state index >= 15 is 0 Å². The van der Waals surface area contributed by atoms with Crippen molar-refractivity contribution in [1.29, 1.82) is 0 Å². The molecule has 0 aliphatic carbocycles. The van der Waals surface area contributed by atoms with E-state index in [0.717, 1.165) is 0 Å². The molecule has 0 aliphatic rings. The summed E-state index contributed by atoms with van der Waals surface area (Å²) in [5.74, 6) is 0.497. The Hall–Kier alpha value is -1.58. The van der Waals surface area contributed by atoms with Crippen molar-refractivity contribution in [1.82, 2.24) is 10.2 Å². The number of nitrogens with one attached hydrogen (secondary N) is 2. The second kappa shape index (κ2) is 5.81. The molecule has 7 nitrogen and oxygen atoms in total. The van der Waals surface area contributed by atoms with Gasteiger partial charge in [0, 0.05) is 11.6 Å². The molecule has 0 atom stereocenters. The number of rotatable bonds is 5. The highest BCUT2D eigenvalue weighted by molar-refractivity contribution is 9.10. The van der Waals surface area contributed by atoms with Crippen LogP contribution in [0.3, 0.4) is 0 Å². The molecule has 20 heavy (non-hydrogen) atoms. The average Bonchev–Trinajstić information content (AvgIpc) is 2.90. The number of anilines is 1. The Labute approximate surface area is 124 Å². The number of H-pyrrole nitrogens is 1. The standard InChI is InChI=1S/C11H12BrN3O4S/c1-19-10-4-8(2-3-9(10)12)15-20(17,18)11-7(6-16)5-13-14-11/h2-5,15-16H,6H2,1H3,(H,13,14). The Balaban J connectivity index is 2.33. The normalized spacial score (nSPS) is 11.3. The van der Waals surface area contributed by atoms with E-state index in [-0.39, 0.29) is 10.6 Å². The van der Waals surface area contributed by atoms with Crippen LogP contribution in [-0.2, 0) is 16.6 Å². The van der Waals surface area contributed by atoms with Gasteiger partial charge in [-0.1, -0.05) is 0 Å². The molecule has 0 radical (unpaired) electrons. The van der Waals surface area contributed by atoms with E-state index in [2.05, 4.69) is 30.8 Å². The monoisotopic (exact) mass is 361 g/mol. The highest BCUT2D eigenvalue weighted by Crippen LogP contribution is 2.29. The van der Waals surface area contributed by atoms with Crippen LogP contribution in [0.5, 0.6) is 5.75 Å². The van der Waals surface area contributed by atoms with Gasteiger partial charge < -0.3 is 9.84 Å². The number of benzene rings is 1. The van der Waals surface area contributed by atoms with Gasteiger partial charge in [-0.3, -0.25) is 9.82 Å². The van der Waals surface area contributed by atoms with Crippen molar-refractivity contribution in [3.05, 3.63) is 34.4 Å². The topological polar surface area (TPSA) is 104 Å². The fourth-order valence-corrected chi connectivity index (χ4v) is 3.16. The highest BCUT2D eigenvalue weighted by atomic mass is 79.9. The molecule has 2 aromatic rings. The third kappa shape index (κ3) is 2.94. The smallest absolute Gasteiger partial charge is 0.279 e. The minimum Gasteiger partial charge on any atom is -0.495 e.